The van der Waals surface area contributed by atoms with Gasteiger partial charge in [0.2, 0.25) is 0 Å². The van der Waals surface area contributed by atoms with E-state index in [9.17, 15) is 0 Å². The van der Waals surface area contributed by atoms with Gasteiger partial charge in [-0.25, -0.2) is 0 Å². The molecule has 0 heterocycles. The second kappa shape index (κ2) is 6.65. The third-order valence-corrected chi connectivity index (χ3v) is 1.74. The summed E-state index contributed by atoms with van der Waals surface area (Å²) in [5, 5.41) is 3.70. The lowest BCUT2D eigenvalue weighted by Crippen LogP contribution is -1.88. The molecule has 0 aliphatic heterocycles. The maximum Gasteiger partial charge on any atom is 0.139 e. The molecule has 1 aromatic rings. The Labute approximate surface area is 90.0 Å². The van der Waals surface area contributed by atoms with Gasteiger partial charge >= 0.3 is 0 Å². The molecule has 0 N–H and O–H groups in total. The van der Waals surface area contributed by atoms with Crippen molar-refractivity contribution in [2.75, 3.05) is 13.7 Å². The second-order valence-electron chi connectivity index (χ2n) is 2.84. The highest BCUT2D eigenvalue weighted by molar-refractivity contribution is 5.79. The van der Waals surface area contributed by atoms with Crippen LogP contribution in [0.1, 0.15) is 12.0 Å². The van der Waals surface area contributed by atoms with E-state index in [1.54, 1.807) is 13.2 Å². The minimum Gasteiger partial charge on any atom is -0.497 e. The van der Waals surface area contributed by atoms with Gasteiger partial charge in [-0.15, -0.1) is 6.58 Å². The van der Waals surface area contributed by atoms with Crippen LogP contribution in [0, 0.1) is 0 Å². The summed E-state index contributed by atoms with van der Waals surface area (Å²) in [6.45, 7) is 4.11. The zero-order valence-corrected chi connectivity index (χ0v) is 8.77. The van der Waals surface area contributed by atoms with Crippen LogP contribution in [0.3, 0.4) is 0 Å². The van der Waals surface area contributed by atoms with Crippen molar-refractivity contribution in [3.63, 3.8) is 0 Å². The van der Waals surface area contributed by atoms with Crippen LogP contribution < -0.4 is 4.74 Å². The van der Waals surface area contributed by atoms with E-state index < -0.39 is 0 Å². The van der Waals surface area contributed by atoms with E-state index in [4.69, 9.17) is 9.57 Å². The van der Waals surface area contributed by atoms with Crippen molar-refractivity contribution in [2.45, 2.75) is 6.42 Å². The lowest BCUT2D eigenvalue weighted by Gasteiger charge is -1.98. The minimum atomic E-state index is 0.534. The first-order valence-electron chi connectivity index (χ1n) is 4.70. The van der Waals surface area contributed by atoms with E-state index >= 15 is 0 Å². The molecule has 0 aromatic heterocycles. The van der Waals surface area contributed by atoms with Gasteiger partial charge in [-0.05, 0) is 24.3 Å². The van der Waals surface area contributed by atoms with Crippen LogP contribution >= 0.6 is 0 Å². The SMILES string of the molecule is C=CCCON=[C]c1ccc(OC)cc1. The van der Waals surface area contributed by atoms with Crippen LogP contribution in [0.15, 0.2) is 42.1 Å². The molecular weight excluding hydrogens is 190 g/mol. The Morgan fingerprint density at radius 2 is 2.13 bits per heavy atom. The first-order valence-corrected chi connectivity index (χ1v) is 4.70. The van der Waals surface area contributed by atoms with E-state index in [0.29, 0.717) is 6.61 Å². The Hall–Kier alpha value is -1.77. The van der Waals surface area contributed by atoms with E-state index in [1.807, 2.05) is 24.3 Å². The van der Waals surface area contributed by atoms with Gasteiger partial charge in [0, 0.05) is 12.0 Å². The molecule has 79 valence electrons. The molecule has 0 bridgehead atoms. The average Bonchev–Trinajstić information content (AvgIpc) is 2.30. The highest BCUT2D eigenvalue weighted by atomic mass is 16.6. The maximum absolute atomic E-state index is 5.03. The van der Waals surface area contributed by atoms with Crippen molar-refractivity contribution in [3.05, 3.63) is 42.5 Å². The van der Waals surface area contributed by atoms with Crippen molar-refractivity contribution in [1.29, 1.82) is 0 Å². The van der Waals surface area contributed by atoms with Crippen molar-refractivity contribution in [2.24, 2.45) is 5.16 Å². The molecule has 0 saturated heterocycles. The molecule has 0 saturated carbocycles. The molecule has 1 aromatic carbocycles. The zero-order valence-electron chi connectivity index (χ0n) is 8.77. The van der Waals surface area contributed by atoms with E-state index in [2.05, 4.69) is 17.9 Å². The number of ether oxygens (including phenoxy) is 1. The Kier molecular flexibility index (Phi) is 5.01. The Bertz CT molecular complexity index is 317. The molecule has 0 atom stereocenters. The van der Waals surface area contributed by atoms with Crippen LogP contribution in [-0.2, 0) is 4.84 Å². The van der Waals surface area contributed by atoms with E-state index in [-0.39, 0.29) is 0 Å². The minimum absolute atomic E-state index is 0.534. The molecule has 3 heteroatoms. The van der Waals surface area contributed by atoms with Crippen LogP contribution in [0.5, 0.6) is 5.75 Å². The van der Waals surface area contributed by atoms with Gasteiger partial charge < -0.3 is 9.57 Å². The first kappa shape index (κ1) is 11.3. The van der Waals surface area contributed by atoms with Crippen molar-refractivity contribution in [3.8, 4) is 5.75 Å². The van der Waals surface area contributed by atoms with Gasteiger partial charge in [-0.3, -0.25) is 0 Å². The number of rotatable bonds is 6. The molecule has 0 spiro atoms. The lowest BCUT2D eigenvalue weighted by molar-refractivity contribution is 0.151. The Morgan fingerprint density at radius 3 is 2.73 bits per heavy atom. The summed E-state index contributed by atoms with van der Waals surface area (Å²) in [5.41, 5.74) is 0.856. The number of nitrogens with zero attached hydrogens (tertiary/aromatic N) is 1. The molecule has 0 aliphatic carbocycles. The summed E-state index contributed by atoms with van der Waals surface area (Å²) in [6.07, 6.45) is 5.33. The van der Waals surface area contributed by atoms with Gasteiger partial charge in [0.25, 0.3) is 0 Å². The molecule has 15 heavy (non-hydrogen) atoms. The number of hydrogen-bond acceptors (Lipinski definition) is 3. The molecule has 1 rings (SSSR count). The normalized spacial score (nSPS) is 10.2. The van der Waals surface area contributed by atoms with E-state index in [1.165, 1.54) is 0 Å². The predicted molar refractivity (Wildman–Crippen MR) is 60.3 cm³/mol. The monoisotopic (exact) mass is 204 g/mol. The first-order chi connectivity index (χ1) is 7.36. The van der Waals surface area contributed by atoms with E-state index in [0.717, 1.165) is 17.7 Å². The third-order valence-electron chi connectivity index (χ3n) is 1.74. The molecular formula is C12H14NO2. The van der Waals surface area contributed by atoms with Crippen molar-refractivity contribution in [1.82, 2.24) is 0 Å². The van der Waals surface area contributed by atoms with Crippen LogP contribution in [0.4, 0.5) is 0 Å². The number of methoxy groups -OCH3 is 1. The third kappa shape index (κ3) is 4.31. The number of hydrogen-bond donors (Lipinski definition) is 0. The highest BCUT2D eigenvalue weighted by Crippen LogP contribution is 2.09. The fourth-order valence-electron chi connectivity index (χ4n) is 0.932. The average molecular weight is 204 g/mol. The highest BCUT2D eigenvalue weighted by Gasteiger charge is 1.91. The summed E-state index contributed by atoms with van der Waals surface area (Å²) in [4.78, 5) is 4.95. The zero-order chi connectivity index (χ0) is 10.9. The summed E-state index contributed by atoms with van der Waals surface area (Å²) in [6, 6.07) is 7.42. The van der Waals surface area contributed by atoms with Crippen LogP contribution in [0.25, 0.3) is 0 Å². The van der Waals surface area contributed by atoms with Gasteiger partial charge in [0.1, 0.15) is 18.6 Å². The number of benzene rings is 1. The lowest BCUT2D eigenvalue weighted by atomic mass is 10.2. The van der Waals surface area contributed by atoms with Gasteiger partial charge in [0.05, 0.1) is 7.11 Å². The summed E-state index contributed by atoms with van der Waals surface area (Å²) in [7, 11) is 1.63. The van der Waals surface area contributed by atoms with Crippen LogP contribution in [-0.4, -0.2) is 19.9 Å². The summed E-state index contributed by atoms with van der Waals surface area (Å²) >= 11 is 0. The molecule has 3 nitrogen and oxygen atoms in total. The standard InChI is InChI=1S/C12H14NO2/c1-3-4-9-15-13-10-11-5-7-12(14-2)8-6-11/h3,5-8H,1,4,9H2,2H3. The van der Waals surface area contributed by atoms with Crippen molar-refractivity contribution >= 4 is 6.21 Å². The fraction of sp³-hybridized carbons (Fsp3) is 0.250. The van der Waals surface area contributed by atoms with Gasteiger partial charge in [-0.1, -0.05) is 11.2 Å². The van der Waals surface area contributed by atoms with Gasteiger partial charge in [-0.2, -0.15) is 0 Å². The van der Waals surface area contributed by atoms with Gasteiger partial charge in [0.15, 0.2) is 0 Å². The maximum atomic E-state index is 5.03. The molecule has 0 aliphatic rings. The second-order valence-corrected chi connectivity index (χ2v) is 2.84. The molecule has 0 fully saturated rings. The topological polar surface area (TPSA) is 30.8 Å². The fourth-order valence-corrected chi connectivity index (χ4v) is 0.932. The summed E-state index contributed by atoms with van der Waals surface area (Å²) in [5.74, 6) is 0.813. The Balaban J connectivity index is 2.39. The molecule has 0 unspecified atom stereocenters. The largest absolute Gasteiger partial charge is 0.497 e. The quantitative estimate of drug-likeness (QED) is 0.308. The summed E-state index contributed by atoms with van der Waals surface area (Å²) < 4.78 is 5.03. The van der Waals surface area contributed by atoms with Crippen molar-refractivity contribution < 1.29 is 9.57 Å². The van der Waals surface area contributed by atoms with Crippen LogP contribution in [0.2, 0.25) is 0 Å². The predicted octanol–water partition coefficient (Wildman–Crippen LogP) is 2.50. The molecule has 0 amide bonds. The molecule has 1 radical (unpaired) electrons. The smallest absolute Gasteiger partial charge is 0.139 e. The Morgan fingerprint density at radius 1 is 1.40 bits per heavy atom.